The first-order chi connectivity index (χ1) is 12.4. The number of rotatable bonds is 8. The summed E-state index contributed by atoms with van der Waals surface area (Å²) in [5.41, 5.74) is 4.48. The Morgan fingerprint density at radius 1 is 1.19 bits per heavy atom. The van der Waals surface area contributed by atoms with E-state index in [2.05, 4.69) is 51.5 Å². The molecule has 0 aliphatic heterocycles. The lowest BCUT2D eigenvalue weighted by molar-refractivity contribution is 0.0947. The van der Waals surface area contributed by atoms with E-state index in [9.17, 15) is 4.79 Å². The Hall–Kier alpha value is -2.47. The van der Waals surface area contributed by atoms with Gasteiger partial charge in [0.05, 0.1) is 0 Å². The molecule has 6 heteroatoms. The molecule has 1 amide bonds. The first kappa shape index (κ1) is 19.8. The van der Waals surface area contributed by atoms with E-state index < -0.39 is 0 Å². The van der Waals surface area contributed by atoms with Gasteiger partial charge in [0.1, 0.15) is 5.69 Å². The number of amides is 1. The predicted molar refractivity (Wildman–Crippen MR) is 106 cm³/mol. The summed E-state index contributed by atoms with van der Waals surface area (Å²) < 4.78 is 0. The molecule has 0 aliphatic rings. The Morgan fingerprint density at radius 2 is 1.96 bits per heavy atom. The summed E-state index contributed by atoms with van der Waals surface area (Å²) in [7, 11) is 4.04. The lowest BCUT2D eigenvalue weighted by atomic mass is 10.1. The number of hydrogen-bond donors (Lipinski definition) is 2. The zero-order chi connectivity index (χ0) is 19.1. The fraction of sp³-hybridized carbons (Fsp3) is 0.450. The molecule has 0 saturated heterocycles. The number of nitrogens with zero attached hydrogens (tertiary/aromatic N) is 3. The number of carbonyl (C=O) groups excluding carboxylic acids is 1. The van der Waals surface area contributed by atoms with Gasteiger partial charge in [0, 0.05) is 17.9 Å². The predicted octanol–water partition coefficient (Wildman–Crippen LogP) is 3.08. The van der Waals surface area contributed by atoms with E-state index in [0.29, 0.717) is 18.2 Å². The largest absolute Gasteiger partial charge is 0.351 e. The van der Waals surface area contributed by atoms with Gasteiger partial charge >= 0.3 is 0 Å². The van der Waals surface area contributed by atoms with Crippen LogP contribution in [0.25, 0.3) is 0 Å². The van der Waals surface area contributed by atoms with Crippen molar-refractivity contribution in [3.63, 3.8) is 0 Å². The quantitative estimate of drug-likeness (QED) is 0.712. The zero-order valence-electron chi connectivity index (χ0n) is 16.4. The molecule has 0 radical (unpaired) electrons. The van der Waals surface area contributed by atoms with Crippen molar-refractivity contribution in [2.75, 3.05) is 32.5 Å². The van der Waals surface area contributed by atoms with E-state index in [1.807, 2.05) is 27.1 Å². The zero-order valence-corrected chi connectivity index (χ0v) is 16.4. The average molecular weight is 355 g/mol. The number of aryl methyl sites for hydroxylation is 3. The Bertz CT molecular complexity index is 758. The van der Waals surface area contributed by atoms with Gasteiger partial charge < -0.3 is 15.5 Å². The molecule has 1 aromatic carbocycles. The van der Waals surface area contributed by atoms with Crippen LogP contribution in [0.15, 0.2) is 24.3 Å². The standard InChI is InChI=1S/C20H29N5O/c1-6-16-10-7-9-14(2)18(16)24-20-22-15(3)13-17(23-20)19(26)21-11-8-12-25(4)5/h7,9-10,13H,6,8,11-12H2,1-5H3,(H,21,26)(H,22,23,24). The molecule has 1 heterocycles. The van der Waals surface area contributed by atoms with E-state index in [1.165, 1.54) is 5.56 Å². The molecule has 140 valence electrons. The fourth-order valence-corrected chi connectivity index (χ4v) is 2.74. The van der Waals surface area contributed by atoms with Crippen LogP contribution in [0.1, 0.15) is 40.7 Å². The van der Waals surface area contributed by atoms with Gasteiger partial charge in [0.15, 0.2) is 0 Å². The van der Waals surface area contributed by atoms with Crippen LogP contribution < -0.4 is 10.6 Å². The van der Waals surface area contributed by atoms with Crippen LogP contribution in [0.4, 0.5) is 11.6 Å². The van der Waals surface area contributed by atoms with Gasteiger partial charge in [-0.3, -0.25) is 4.79 Å². The summed E-state index contributed by atoms with van der Waals surface area (Å²) in [6.45, 7) is 7.59. The molecule has 0 saturated carbocycles. The third-order valence-electron chi connectivity index (χ3n) is 4.13. The molecule has 0 fully saturated rings. The maximum Gasteiger partial charge on any atom is 0.270 e. The molecule has 0 atom stereocenters. The van der Waals surface area contributed by atoms with E-state index >= 15 is 0 Å². The van der Waals surface area contributed by atoms with Crippen molar-refractivity contribution in [1.82, 2.24) is 20.2 Å². The molecular weight excluding hydrogens is 326 g/mol. The maximum atomic E-state index is 12.4. The topological polar surface area (TPSA) is 70.2 Å². The number of anilines is 2. The molecular formula is C20H29N5O. The highest BCUT2D eigenvalue weighted by Crippen LogP contribution is 2.24. The number of carbonyl (C=O) groups is 1. The van der Waals surface area contributed by atoms with Gasteiger partial charge in [-0.15, -0.1) is 0 Å². The summed E-state index contributed by atoms with van der Waals surface area (Å²) in [4.78, 5) is 23.3. The van der Waals surface area contributed by atoms with Crippen LogP contribution >= 0.6 is 0 Å². The third-order valence-corrected chi connectivity index (χ3v) is 4.13. The molecule has 2 rings (SSSR count). The van der Waals surface area contributed by atoms with Crippen molar-refractivity contribution in [3.8, 4) is 0 Å². The van der Waals surface area contributed by atoms with E-state index in [-0.39, 0.29) is 5.91 Å². The smallest absolute Gasteiger partial charge is 0.270 e. The molecule has 2 N–H and O–H groups in total. The monoisotopic (exact) mass is 355 g/mol. The molecule has 6 nitrogen and oxygen atoms in total. The van der Waals surface area contributed by atoms with Crippen molar-refractivity contribution in [3.05, 3.63) is 46.8 Å². The molecule has 0 bridgehead atoms. The van der Waals surface area contributed by atoms with Gasteiger partial charge in [-0.05, 0) is 64.5 Å². The van der Waals surface area contributed by atoms with Crippen molar-refractivity contribution in [2.45, 2.75) is 33.6 Å². The Morgan fingerprint density at radius 3 is 2.65 bits per heavy atom. The molecule has 1 aromatic heterocycles. The highest BCUT2D eigenvalue weighted by atomic mass is 16.1. The first-order valence-electron chi connectivity index (χ1n) is 9.04. The van der Waals surface area contributed by atoms with E-state index in [1.54, 1.807) is 6.07 Å². The molecule has 2 aromatic rings. The van der Waals surface area contributed by atoms with Crippen LogP contribution in [-0.2, 0) is 6.42 Å². The van der Waals surface area contributed by atoms with Crippen molar-refractivity contribution in [1.29, 1.82) is 0 Å². The minimum absolute atomic E-state index is 0.169. The minimum atomic E-state index is -0.169. The van der Waals surface area contributed by atoms with Crippen LogP contribution in [-0.4, -0.2) is 48.0 Å². The maximum absolute atomic E-state index is 12.4. The van der Waals surface area contributed by atoms with Crippen molar-refractivity contribution >= 4 is 17.5 Å². The van der Waals surface area contributed by atoms with Crippen LogP contribution in [0, 0.1) is 13.8 Å². The Kier molecular flexibility index (Phi) is 7.09. The summed E-state index contributed by atoms with van der Waals surface area (Å²) in [6.07, 6.45) is 1.81. The van der Waals surface area contributed by atoms with Gasteiger partial charge in [-0.2, -0.15) is 0 Å². The van der Waals surface area contributed by atoms with Gasteiger partial charge in [-0.25, -0.2) is 9.97 Å². The van der Waals surface area contributed by atoms with Crippen molar-refractivity contribution < 1.29 is 4.79 Å². The molecule has 0 unspecified atom stereocenters. The lowest BCUT2D eigenvalue weighted by Gasteiger charge is -2.14. The summed E-state index contributed by atoms with van der Waals surface area (Å²) >= 11 is 0. The van der Waals surface area contributed by atoms with E-state index in [4.69, 9.17) is 0 Å². The van der Waals surface area contributed by atoms with Crippen LogP contribution in [0.5, 0.6) is 0 Å². The lowest BCUT2D eigenvalue weighted by Crippen LogP contribution is -2.28. The minimum Gasteiger partial charge on any atom is -0.351 e. The highest BCUT2D eigenvalue weighted by Gasteiger charge is 2.12. The summed E-state index contributed by atoms with van der Waals surface area (Å²) in [5, 5.41) is 6.22. The second kappa shape index (κ2) is 9.29. The summed E-state index contributed by atoms with van der Waals surface area (Å²) in [6, 6.07) is 7.90. The number of para-hydroxylation sites is 1. The number of aromatic nitrogens is 2. The Labute approximate surface area is 156 Å². The number of nitrogens with one attached hydrogen (secondary N) is 2. The van der Waals surface area contributed by atoms with Gasteiger partial charge in [-0.1, -0.05) is 25.1 Å². The number of hydrogen-bond acceptors (Lipinski definition) is 5. The second-order valence-electron chi connectivity index (χ2n) is 6.72. The fourth-order valence-electron chi connectivity index (χ4n) is 2.74. The molecule has 26 heavy (non-hydrogen) atoms. The summed E-state index contributed by atoms with van der Waals surface area (Å²) in [5.74, 6) is 0.283. The highest BCUT2D eigenvalue weighted by molar-refractivity contribution is 5.92. The van der Waals surface area contributed by atoms with Crippen molar-refractivity contribution in [2.24, 2.45) is 0 Å². The third kappa shape index (κ3) is 5.52. The second-order valence-corrected chi connectivity index (χ2v) is 6.72. The average Bonchev–Trinajstić information content (AvgIpc) is 2.59. The SMILES string of the molecule is CCc1cccc(C)c1Nc1nc(C)cc(C(=O)NCCCN(C)C)n1. The first-order valence-corrected chi connectivity index (χ1v) is 9.04. The normalized spacial score (nSPS) is 10.8. The van der Waals surface area contributed by atoms with E-state index in [0.717, 1.165) is 36.3 Å². The van der Waals surface area contributed by atoms with Gasteiger partial charge in [0.25, 0.3) is 5.91 Å². The van der Waals surface area contributed by atoms with Gasteiger partial charge in [0.2, 0.25) is 5.95 Å². The molecule has 0 spiro atoms. The van der Waals surface area contributed by atoms with Crippen LogP contribution in [0.3, 0.4) is 0 Å². The molecule has 0 aliphatic carbocycles. The Balaban J connectivity index is 2.13. The van der Waals surface area contributed by atoms with Crippen LogP contribution in [0.2, 0.25) is 0 Å². The number of benzene rings is 1.